The highest BCUT2D eigenvalue weighted by Crippen LogP contribution is 2.32. The van der Waals surface area contributed by atoms with E-state index in [1.54, 1.807) is 11.3 Å². The molecular weight excluding hydrogens is 182 g/mol. The zero-order valence-corrected chi connectivity index (χ0v) is 8.49. The van der Waals surface area contributed by atoms with Gasteiger partial charge in [0.2, 0.25) is 5.91 Å². The van der Waals surface area contributed by atoms with Crippen LogP contribution in [0.3, 0.4) is 0 Å². The van der Waals surface area contributed by atoms with Crippen molar-refractivity contribution in [2.24, 2.45) is 5.92 Å². The minimum atomic E-state index is 0.170. The molecule has 1 heterocycles. The molecule has 2 rings (SSSR count). The van der Waals surface area contributed by atoms with Gasteiger partial charge in [-0.05, 0) is 36.6 Å². The van der Waals surface area contributed by atoms with Gasteiger partial charge in [-0.1, -0.05) is 0 Å². The SMILES string of the molecule is Cc1cscc1NC(=O)CC1CC1. The summed E-state index contributed by atoms with van der Waals surface area (Å²) in [5.41, 5.74) is 2.14. The molecule has 1 aromatic heterocycles. The van der Waals surface area contributed by atoms with Gasteiger partial charge < -0.3 is 5.32 Å². The van der Waals surface area contributed by atoms with Crippen LogP contribution in [-0.4, -0.2) is 5.91 Å². The normalized spacial score (nSPS) is 15.8. The summed E-state index contributed by atoms with van der Waals surface area (Å²) in [5.74, 6) is 0.836. The van der Waals surface area contributed by atoms with Gasteiger partial charge in [-0.15, -0.1) is 11.3 Å². The molecule has 70 valence electrons. The van der Waals surface area contributed by atoms with Crippen LogP contribution in [0, 0.1) is 12.8 Å². The van der Waals surface area contributed by atoms with Gasteiger partial charge in [-0.3, -0.25) is 4.79 Å². The molecule has 1 saturated carbocycles. The molecule has 1 aliphatic carbocycles. The minimum absolute atomic E-state index is 0.170. The number of hydrogen-bond donors (Lipinski definition) is 1. The number of carbonyl (C=O) groups excluding carboxylic acids is 1. The molecule has 13 heavy (non-hydrogen) atoms. The van der Waals surface area contributed by atoms with E-state index in [-0.39, 0.29) is 5.91 Å². The third kappa shape index (κ3) is 2.31. The molecule has 1 amide bonds. The van der Waals surface area contributed by atoms with Crippen LogP contribution < -0.4 is 5.32 Å². The highest BCUT2D eigenvalue weighted by molar-refractivity contribution is 7.08. The maximum absolute atomic E-state index is 11.4. The molecule has 1 fully saturated rings. The van der Waals surface area contributed by atoms with E-state index >= 15 is 0 Å². The Hall–Kier alpha value is -0.830. The molecule has 0 spiro atoms. The second-order valence-electron chi connectivity index (χ2n) is 3.66. The summed E-state index contributed by atoms with van der Waals surface area (Å²) >= 11 is 1.63. The first-order valence-corrected chi connectivity index (χ1v) is 5.52. The van der Waals surface area contributed by atoms with Crippen molar-refractivity contribution >= 4 is 22.9 Å². The van der Waals surface area contributed by atoms with Gasteiger partial charge in [0, 0.05) is 11.8 Å². The molecule has 1 aliphatic rings. The maximum atomic E-state index is 11.4. The second kappa shape index (κ2) is 3.50. The van der Waals surface area contributed by atoms with Gasteiger partial charge in [0.1, 0.15) is 0 Å². The number of anilines is 1. The lowest BCUT2D eigenvalue weighted by Gasteiger charge is -2.02. The summed E-state index contributed by atoms with van der Waals surface area (Å²) in [7, 11) is 0. The minimum Gasteiger partial charge on any atom is -0.325 e. The van der Waals surface area contributed by atoms with E-state index in [4.69, 9.17) is 0 Å². The molecular formula is C10H13NOS. The van der Waals surface area contributed by atoms with Crippen molar-refractivity contribution in [3.05, 3.63) is 16.3 Å². The largest absolute Gasteiger partial charge is 0.325 e. The number of nitrogens with one attached hydrogen (secondary N) is 1. The van der Waals surface area contributed by atoms with Gasteiger partial charge in [0.15, 0.2) is 0 Å². The van der Waals surface area contributed by atoms with E-state index < -0.39 is 0 Å². The lowest BCUT2D eigenvalue weighted by atomic mass is 10.2. The van der Waals surface area contributed by atoms with Crippen LogP contribution in [0.5, 0.6) is 0 Å². The van der Waals surface area contributed by atoms with Gasteiger partial charge in [0.25, 0.3) is 0 Å². The highest BCUT2D eigenvalue weighted by atomic mass is 32.1. The quantitative estimate of drug-likeness (QED) is 0.789. The predicted molar refractivity (Wildman–Crippen MR) is 55.0 cm³/mol. The van der Waals surface area contributed by atoms with E-state index in [0.717, 1.165) is 11.3 Å². The maximum Gasteiger partial charge on any atom is 0.224 e. The number of carbonyl (C=O) groups is 1. The van der Waals surface area contributed by atoms with Crippen molar-refractivity contribution in [2.75, 3.05) is 5.32 Å². The Kier molecular flexibility index (Phi) is 2.36. The number of rotatable bonds is 3. The first-order chi connectivity index (χ1) is 6.25. The van der Waals surface area contributed by atoms with Crippen molar-refractivity contribution in [1.29, 1.82) is 0 Å². The van der Waals surface area contributed by atoms with Crippen LogP contribution >= 0.6 is 11.3 Å². The van der Waals surface area contributed by atoms with Gasteiger partial charge in [-0.2, -0.15) is 0 Å². The summed E-state index contributed by atoms with van der Waals surface area (Å²) in [5, 5.41) is 6.97. The van der Waals surface area contributed by atoms with Crippen molar-refractivity contribution in [2.45, 2.75) is 26.2 Å². The van der Waals surface area contributed by atoms with E-state index in [9.17, 15) is 4.79 Å². The van der Waals surface area contributed by atoms with Crippen molar-refractivity contribution < 1.29 is 4.79 Å². The first kappa shape index (κ1) is 8.75. The number of thiophene rings is 1. The summed E-state index contributed by atoms with van der Waals surface area (Å²) in [6, 6.07) is 0. The first-order valence-electron chi connectivity index (χ1n) is 4.58. The van der Waals surface area contributed by atoms with Gasteiger partial charge in [-0.25, -0.2) is 0 Å². The molecule has 3 heteroatoms. The molecule has 1 aromatic rings. The number of aryl methyl sites for hydroxylation is 1. The third-order valence-electron chi connectivity index (χ3n) is 2.30. The van der Waals surface area contributed by atoms with E-state index in [0.29, 0.717) is 12.3 Å². The lowest BCUT2D eigenvalue weighted by molar-refractivity contribution is -0.116. The van der Waals surface area contributed by atoms with Gasteiger partial charge >= 0.3 is 0 Å². The van der Waals surface area contributed by atoms with E-state index in [2.05, 4.69) is 5.32 Å². The van der Waals surface area contributed by atoms with Crippen LogP contribution in [-0.2, 0) is 4.79 Å². The van der Waals surface area contributed by atoms with Crippen LogP contribution in [0.1, 0.15) is 24.8 Å². The van der Waals surface area contributed by atoms with E-state index in [1.165, 1.54) is 12.8 Å². The smallest absolute Gasteiger partial charge is 0.224 e. The van der Waals surface area contributed by atoms with Gasteiger partial charge in [0.05, 0.1) is 5.69 Å². The Labute approximate surface area is 82.0 Å². The standard InChI is InChI=1S/C10H13NOS/c1-7-5-13-6-9(7)11-10(12)4-8-2-3-8/h5-6,8H,2-4H2,1H3,(H,11,12). The molecule has 0 radical (unpaired) electrons. The Morgan fingerprint density at radius 3 is 2.92 bits per heavy atom. The topological polar surface area (TPSA) is 29.1 Å². The van der Waals surface area contributed by atoms with Crippen molar-refractivity contribution in [1.82, 2.24) is 0 Å². The number of amides is 1. The van der Waals surface area contributed by atoms with Crippen molar-refractivity contribution in [3.63, 3.8) is 0 Å². The predicted octanol–water partition coefficient (Wildman–Crippen LogP) is 2.80. The van der Waals surface area contributed by atoms with Crippen LogP contribution in [0.2, 0.25) is 0 Å². The fourth-order valence-corrected chi connectivity index (χ4v) is 2.05. The zero-order chi connectivity index (χ0) is 9.26. The fraction of sp³-hybridized carbons (Fsp3) is 0.500. The molecule has 0 atom stereocenters. The Balaban J connectivity index is 1.89. The molecule has 0 aliphatic heterocycles. The Morgan fingerprint density at radius 2 is 2.38 bits per heavy atom. The van der Waals surface area contributed by atoms with Crippen LogP contribution in [0.4, 0.5) is 5.69 Å². The molecule has 1 N–H and O–H groups in total. The fourth-order valence-electron chi connectivity index (χ4n) is 1.27. The zero-order valence-electron chi connectivity index (χ0n) is 7.67. The Bertz CT molecular complexity index is 314. The molecule has 0 unspecified atom stereocenters. The Morgan fingerprint density at radius 1 is 1.62 bits per heavy atom. The molecule has 0 saturated heterocycles. The third-order valence-corrected chi connectivity index (χ3v) is 3.16. The summed E-state index contributed by atoms with van der Waals surface area (Å²) in [6.07, 6.45) is 3.17. The van der Waals surface area contributed by atoms with Crippen molar-refractivity contribution in [3.8, 4) is 0 Å². The summed E-state index contributed by atoms with van der Waals surface area (Å²) < 4.78 is 0. The summed E-state index contributed by atoms with van der Waals surface area (Å²) in [4.78, 5) is 11.4. The monoisotopic (exact) mass is 195 g/mol. The molecule has 2 nitrogen and oxygen atoms in total. The average molecular weight is 195 g/mol. The highest BCUT2D eigenvalue weighted by Gasteiger charge is 2.24. The lowest BCUT2D eigenvalue weighted by Crippen LogP contribution is -2.11. The average Bonchev–Trinajstić information content (AvgIpc) is 2.79. The number of hydrogen-bond acceptors (Lipinski definition) is 2. The second-order valence-corrected chi connectivity index (χ2v) is 4.41. The summed E-state index contributed by atoms with van der Waals surface area (Å²) in [6.45, 7) is 2.02. The van der Waals surface area contributed by atoms with Crippen LogP contribution in [0.25, 0.3) is 0 Å². The molecule has 0 bridgehead atoms. The molecule has 0 aromatic carbocycles. The van der Waals surface area contributed by atoms with E-state index in [1.807, 2.05) is 17.7 Å². The van der Waals surface area contributed by atoms with Crippen LogP contribution in [0.15, 0.2) is 10.8 Å².